The molecule has 1 aliphatic carbocycles. The molecular formula is C20H21N3O5. The van der Waals surface area contributed by atoms with Crippen molar-refractivity contribution in [2.45, 2.75) is 38.5 Å². The lowest BCUT2D eigenvalue weighted by Gasteiger charge is -2.22. The minimum Gasteiger partial charge on any atom is -0.494 e. The molecule has 1 N–H and O–H groups in total. The lowest BCUT2D eigenvalue weighted by atomic mass is 9.83. The van der Waals surface area contributed by atoms with Gasteiger partial charge in [-0.25, -0.2) is 9.97 Å². The van der Waals surface area contributed by atoms with Crippen LogP contribution < -0.4 is 10.1 Å². The SMILES string of the molecule is COc1cc2nc([C@H]3CC[C@H](C=O)CC3)oc2cc1NC(=O)c1coc(C)n1. The first-order chi connectivity index (χ1) is 13.6. The second kappa shape index (κ2) is 7.46. The third kappa shape index (κ3) is 3.49. The molecular weight excluding hydrogens is 362 g/mol. The maximum Gasteiger partial charge on any atom is 0.277 e. The Morgan fingerprint density at radius 3 is 2.68 bits per heavy atom. The van der Waals surface area contributed by atoms with Crippen molar-refractivity contribution in [1.82, 2.24) is 9.97 Å². The zero-order valence-corrected chi connectivity index (χ0v) is 15.7. The van der Waals surface area contributed by atoms with Crippen LogP contribution in [-0.4, -0.2) is 29.3 Å². The maximum absolute atomic E-state index is 12.4. The molecule has 0 aliphatic heterocycles. The summed E-state index contributed by atoms with van der Waals surface area (Å²) in [7, 11) is 1.53. The minimum absolute atomic E-state index is 0.141. The van der Waals surface area contributed by atoms with Gasteiger partial charge in [0.05, 0.1) is 12.8 Å². The number of aromatic nitrogens is 2. The Hall–Kier alpha value is -3.16. The average molecular weight is 383 g/mol. The van der Waals surface area contributed by atoms with Gasteiger partial charge >= 0.3 is 0 Å². The van der Waals surface area contributed by atoms with Crippen LogP contribution in [-0.2, 0) is 4.79 Å². The maximum atomic E-state index is 12.4. The number of ether oxygens (including phenoxy) is 1. The summed E-state index contributed by atoms with van der Waals surface area (Å²) in [5.74, 6) is 1.49. The molecule has 0 saturated heterocycles. The van der Waals surface area contributed by atoms with Crippen molar-refractivity contribution in [1.29, 1.82) is 0 Å². The molecule has 0 radical (unpaired) electrons. The Morgan fingerprint density at radius 1 is 1.25 bits per heavy atom. The fourth-order valence-electron chi connectivity index (χ4n) is 3.57. The molecule has 146 valence electrons. The Bertz CT molecular complexity index is 1010. The number of benzene rings is 1. The number of amides is 1. The molecule has 8 nitrogen and oxygen atoms in total. The smallest absolute Gasteiger partial charge is 0.277 e. The summed E-state index contributed by atoms with van der Waals surface area (Å²) in [5.41, 5.74) is 1.89. The van der Waals surface area contributed by atoms with E-state index < -0.39 is 5.91 Å². The van der Waals surface area contributed by atoms with Crippen LogP contribution in [0.3, 0.4) is 0 Å². The summed E-state index contributed by atoms with van der Waals surface area (Å²) in [6, 6.07) is 3.44. The van der Waals surface area contributed by atoms with Gasteiger partial charge in [0.25, 0.3) is 5.91 Å². The topological polar surface area (TPSA) is 107 Å². The van der Waals surface area contributed by atoms with Gasteiger partial charge in [-0.15, -0.1) is 0 Å². The molecule has 2 heterocycles. The van der Waals surface area contributed by atoms with E-state index in [2.05, 4.69) is 15.3 Å². The Morgan fingerprint density at radius 2 is 2.04 bits per heavy atom. The Kier molecular flexibility index (Phi) is 4.85. The normalized spacial score (nSPS) is 19.5. The molecule has 8 heteroatoms. The van der Waals surface area contributed by atoms with E-state index in [0.717, 1.165) is 32.0 Å². The third-order valence-corrected chi connectivity index (χ3v) is 5.14. The van der Waals surface area contributed by atoms with Gasteiger partial charge in [0.15, 0.2) is 23.1 Å². The first kappa shape index (κ1) is 18.2. The number of oxazole rings is 2. The lowest BCUT2D eigenvalue weighted by molar-refractivity contribution is -0.112. The number of carbonyl (C=O) groups excluding carboxylic acids is 2. The lowest BCUT2D eigenvalue weighted by Crippen LogP contribution is -2.14. The van der Waals surface area contributed by atoms with E-state index in [4.69, 9.17) is 13.6 Å². The average Bonchev–Trinajstić information content (AvgIpc) is 3.33. The highest BCUT2D eigenvalue weighted by Gasteiger charge is 2.26. The largest absolute Gasteiger partial charge is 0.494 e. The Labute approximate surface area is 161 Å². The van der Waals surface area contributed by atoms with E-state index in [1.807, 2.05) is 0 Å². The summed E-state index contributed by atoms with van der Waals surface area (Å²) in [6.45, 7) is 1.67. The van der Waals surface area contributed by atoms with Crippen LogP contribution in [0.2, 0.25) is 0 Å². The molecule has 28 heavy (non-hydrogen) atoms. The zero-order valence-electron chi connectivity index (χ0n) is 15.7. The van der Waals surface area contributed by atoms with Crippen molar-refractivity contribution < 1.29 is 23.2 Å². The van der Waals surface area contributed by atoms with Crippen LogP contribution in [0.4, 0.5) is 5.69 Å². The summed E-state index contributed by atoms with van der Waals surface area (Å²) < 4.78 is 16.4. The molecule has 1 aliphatic rings. The predicted octanol–water partition coefficient (Wildman–Crippen LogP) is 3.86. The van der Waals surface area contributed by atoms with Crippen molar-refractivity contribution in [3.63, 3.8) is 0 Å². The van der Waals surface area contributed by atoms with Crippen LogP contribution in [0, 0.1) is 12.8 Å². The molecule has 1 fully saturated rings. The fraction of sp³-hybridized carbons (Fsp3) is 0.400. The number of hydrogen-bond donors (Lipinski definition) is 1. The number of nitrogens with one attached hydrogen (secondary N) is 1. The molecule has 1 aromatic carbocycles. The van der Waals surface area contributed by atoms with Gasteiger partial charge in [0.1, 0.15) is 23.8 Å². The molecule has 4 rings (SSSR count). The van der Waals surface area contributed by atoms with Crippen molar-refractivity contribution in [2.24, 2.45) is 5.92 Å². The van der Waals surface area contributed by atoms with E-state index in [1.165, 1.54) is 13.4 Å². The van der Waals surface area contributed by atoms with Crippen LogP contribution in [0.5, 0.6) is 5.75 Å². The first-order valence-corrected chi connectivity index (χ1v) is 9.24. The standard InChI is InChI=1S/C20H21N3O5/c1-11-21-16(10-27-11)19(25)22-14-8-18-15(7-17(14)26-2)23-20(28-18)13-5-3-12(9-24)4-6-13/h7-10,12-13H,3-6H2,1-2H3,(H,22,25)/t12-,13-. The van der Waals surface area contributed by atoms with Crippen molar-refractivity contribution in [2.75, 3.05) is 12.4 Å². The van der Waals surface area contributed by atoms with Crippen LogP contribution in [0.1, 0.15) is 53.9 Å². The van der Waals surface area contributed by atoms with E-state index in [-0.39, 0.29) is 17.5 Å². The summed E-state index contributed by atoms with van der Waals surface area (Å²) >= 11 is 0. The quantitative estimate of drug-likeness (QED) is 0.667. The van der Waals surface area contributed by atoms with E-state index >= 15 is 0 Å². The van der Waals surface area contributed by atoms with Gasteiger partial charge in [0, 0.05) is 30.9 Å². The van der Waals surface area contributed by atoms with Crippen molar-refractivity contribution in [3.8, 4) is 5.75 Å². The minimum atomic E-state index is -0.401. The zero-order chi connectivity index (χ0) is 19.7. The van der Waals surface area contributed by atoms with Crippen LogP contribution in [0.25, 0.3) is 11.1 Å². The summed E-state index contributed by atoms with van der Waals surface area (Å²) in [5, 5.41) is 2.77. The number of anilines is 1. The van der Waals surface area contributed by atoms with Gasteiger partial charge in [-0.3, -0.25) is 4.79 Å². The summed E-state index contributed by atoms with van der Waals surface area (Å²) in [6.07, 6.45) is 5.81. The van der Waals surface area contributed by atoms with Crippen molar-refractivity contribution in [3.05, 3.63) is 35.9 Å². The number of fused-ring (bicyclic) bond motifs is 1. The molecule has 2 aromatic heterocycles. The molecule has 0 bridgehead atoms. The second-order valence-electron chi connectivity index (χ2n) is 7.03. The molecule has 1 saturated carbocycles. The van der Waals surface area contributed by atoms with Crippen LogP contribution >= 0.6 is 0 Å². The van der Waals surface area contributed by atoms with E-state index in [1.54, 1.807) is 19.1 Å². The molecule has 1 amide bonds. The van der Waals surface area contributed by atoms with E-state index in [0.29, 0.717) is 34.3 Å². The first-order valence-electron chi connectivity index (χ1n) is 9.24. The van der Waals surface area contributed by atoms with E-state index in [9.17, 15) is 9.59 Å². The highest BCUT2D eigenvalue weighted by molar-refractivity contribution is 6.04. The number of aldehydes is 1. The number of methoxy groups -OCH3 is 1. The Balaban J connectivity index is 1.59. The summed E-state index contributed by atoms with van der Waals surface area (Å²) in [4.78, 5) is 32.0. The molecule has 0 atom stereocenters. The second-order valence-corrected chi connectivity index (χ2v) is 7.03. The number of nitrogens with zero attached hydrogens (tertiary/aromatic N) is 2. The highest BCUT2D eigenvalue weighted by atomic mass is 16.5. The molecule has 0 unspecified atom stereocenters. The van der Waals surface area contributed by atoms with Gasteiger partial charge in [-0.2, -0.15) is 0 Å². The van der Waals surface area contributed by atoms with Gasteiger partial charge < -0.3 is 23.7 Å². The predicted molar refractivity (Wildman–Crippen MR) is 101 cm³/mol. The monoisotopic (exact) mass is 383 g/mol. The van der Waals surface area contributed by atoms with Gasteiger partial charge in [-0.05, 0) is 25.7 Å². The number of aryl methyl sites for hydroxylation is 1. The van der Waals surface area contributed by atoms with Crippen LogP contribution in [0.15, 0.2) is 27.2 Å². The molecule has 0 spiro atoms. The fourth-order valence-corrected chi connectivity index (χ4v) is 3.57. The van der Waals surface area contributed by atoms with Crippen molar-refractivity contribution >= 4 is 29.0 Å². The van der Waals surface area contributed by atoms with Gasteiger partial charge in [0.2, 0.25) is 0 Å². The number of rotatable bonds is 5. The highest BCUT2D eigenvalue weighted by Crippen LogP contribution is 2.38. The number of carbonyl (C=O) groups is 2. The third-order valence-electron chi connectivity index (χ3n) is 5.14. The number of hydrogen-bond acceptors (Lipinski definition) is 7. The van der Waals surface area contributed by atoms with Gasteiger partial charge in [-0.1, -0.05) is 0 Å². The molecule has 3 aromatic rings.